The number of Topliss-reactive ketones (excluding diaryl/α,β-unsaturated/α-hetero) is 1. The van der Waals surface area contributed by atoms with Crippen LogP contribution in [0, 0.1) is 5.82 Å². The zero-order valence-corrected chi connectivity index (χ0v) is 11.0. The summed E-state index contributed by atoms with van der Waals surface area (Å²) in [4.78, 5) is 16.2. The number of hydrogen-bond acceptors (Lipinski definition) is 3. The minimum atomic E-state index is -0.529. The van der Waals surface area contributed by atoms with E-state index in [0.29, 0.717) is 16.6 Å². The largest absolute Gasteiger partial charge is 0.294 e. The predicted molar refractivity (Wildman–Crippen MR) is 72.4 cm³/mol. The van der Waals surface area contributed by atoms with Crippen molar-refractivity contribution in [1.82, 2.24) is 14.6 Å². The average Bonchev–Trinajstić information content (AvgIpc) is 2.87. The molecule has 20 heavy (non-hydrogen) atoms. The summed E-state index contributed by atoms with van der Waals surface area (Å²) in [7, 11) is 0. The van der Waals surface area contributed by atoms with Gasteiger partial charge in [-0.1, -0.05) is 17.7 Å². The maximum absolute atomic E-state index is 13.4. The van der Waals surface area contributed by atoms with Gasteiger partial charge in [-0.05, 0) is 17.7 Å². The molecule has 3 aromatic rings. The second-order valence-corrected chi connectivity index (χ2v) is 4.72. The Morgan fingerprint density at radius 2 is 2.20 bits per heavy atom. The Bertz CT molecular complexity index is 800. The third-order valence-electron chi connectivity index (χ3n) is 2.97. The van der Waals surface area contributed by atoms with Crippen molar-refractivity contribution in [3.63, 3.8) is 0 Å². The molecule has 2 heterocycles. The minimum absolute atomic E-state index is 0.0429. The van der Waals surface area contributed by atoms with Crippen LogP contribution >= 0.6 is 11.6 Å². The van der Waals surface area contributed by atoms with Crippen molar-refractivity contribution >= 4 is 22.9 Å². The van der Waals surface area contributed by atoms with Gasteiger partial charge in [-0.15, -0.1) is 0 Å². The van der Waals surface area contributed by atoms with E-state index in [9.17, 15) is 9.18 Å². The number of carbonyl (C=O) groups excluding carboxylic acids is 1. The molecule has 0 bridgehead atoms. The van der Waals surface area contributed by atoms with Crippen LogP contribution in [0.5, 0.6) is 0 Å². The molecule has 0 amide bonds. The highest BCUT2D eigenvalue weighted by Gasteiger charge is 2.14. The van der Waals surface area contributed by atoms with Crippen LogP contribution in [0.25, 0.3) is 5.52 Å². The van der Waals surface area contributed by atoms with Crippen LogP contribution < -0.4 is 0 Å². The fourth-order valence-corrected chi connectivity index (χ4v) is 2.10. The van der Waals surface area contributed by atoms with Crippen LogP contribution in [0.3, 0.4) is 0 Å². The molecule has 0 aliphatic rings. The number of benzene rings is 1. The van der Waals surface area contributed by atoms with E-state index in [1.54, 1.807) is 29.2 Å². The SMILES string of the molecule is O=C(Cc1ccc(Cl)c(F)c1)c1cnn2ccncc12. The molecule has 0 atom stereocenters. The maximum Gasteiger partial charge on any atom is 0.171 e. The van der Waals surface area contributed by atoms with E-state index < -0.39 is 5.82 Å². The fraction of sp³-hybridized carbons (Fsp3) is 0.0714. The number of rotatable bonds is 3. The minimum Gasteiger partial charge on any atom is -0.294 e. The third kappa shape index (κ3) is 2.28. The van der Waals surface area contributed by atoms with Gasteiger partial charge in [0.25, 0.3) is 0 Å². The van der Waals surface area contributed by atoms with Gasteiger partial charge in [-0.3, -0.25) is 9.78 Å². The quantitative estimate of drug-likeness (QED) is 0.697. The molecular formula is C14H9ClFN3O. The van der Waals surface area contributed by atoms with Gasteiger partial charge < -0.3 is 0 Å². The van der Waals surface area contributed by atoms with Gasteiger partial charge in [0.1, 0.15) is 5.82 Å². The molecule has 0 unspecified atom stereocenters. The van der Waals surface area contributed by atoms with Crippen molar-refractivity contribution in [1.29, 1.82) is 0 Å². The van der Waals surface area contributed by atoms with Crippen molar-refractivity contribution in [2.24, 2.45) is 0 Å². The molecule has 0 saturated carbocycles. The fourth-order valence-electron chi connectivity index (χ4n) is 1.98. The van der Waals surface area contributed by atoms with Crippen molar-refractivity contribution in [3.8, 4) is 0 Å². The van der Waals surface area contributed by atoms with Crippen LogP contribution in [0.4, 0.5) is 4.39 Å². The lowest BCUT2D eigenvalue weighted by Crippen LogP contribution is -2.03. The van der Waals surface area contributed by atoms with Gasteiger partial charge in [0.05, 0.1) is 28.5 Å². The molecule has 0 N–H and O–H groups in total. The summed E-state index contributed by atoms with van der Waals surface area (Å²) in [5.74, 6) is -0.673. The number of nitrogens with zero attached hydrogens (tertiary/aromatic N) is 3. The summed E-state index contributed by atoms with van der Waals surface area (Å²) in [5, 5.41) is 4.12. The number of carbonyl (C=O) groups is 1. The number of hydrogen-bond donors (Lipinski definition) is 0. The summed E-state index contributed by atoms with van der Waals surface area (Å²) < 4.78 is 14.9. The Morgan fingerprint density at radius 3 is 3.00 bits per heavy atom. The summed E-state index contributed by atoms with van der Waals surface area (Å²) >= 11 is 5.61. The highest BCUT2D eigenvalue weighted by Crippen LogP contribution is 2.18. The lowest BCUT2D eigenvalue weighted by molar-refractivity contribution is 0.0994. The first-order valence-electron chi connectivity index (χ1n) is 5.89. The zero-order valence-electron chi connectivity index (χ0n) is 10.3. The maximum atomic E-state index is 13.4. The number of halogens is 2. The van der Waals surface area contributed by atoms with Gasteiger partial charge in [-0.25, -0.2) is 8.91 Å². The summed E-state index contributed by atoms with van der Waals surface area (Å²) in [6.07, 6.45) is 6.40. The second kappa shape index (κ2) is 5.02. The van der Waals surface area contributed by atoms with E-state index in [4.69, 9.17) is 11.6 Å². The van der Waals surface area contributed by atoms with E-state index in [1.807, 2.05) is 0 Å². The highest BCUT2D eigenvalue weighted by atomic mass is 35.5. The van der Waals surface area contributed by atoms with E-state index in [1.165, 1.54) is 18.3 Å². The lowest BCUT2D eigenvalue weighted by atomic mass is 10.0. The molecule has 0 fully saturated rings. The molecular weight excluding hydrogens is 281 g/mol. The standard InChI is InChI=1S/C14H9ClFN3O/c15-11-2-1-9(5-12(11)16)6-14(20)10-7-18-19-4-3-17-8-13(10)19/h1-5,7-8H,6H2. The van der Waals surface area contributed by atoms with Crippen molar-refractivity contribution in [3.05, 3.63) is 65.0 Å². The number of fused-ring (bicyclic) bond motifs is 1. The smallest absolute Gasteiger partial charge is 0.171 e. The molecule has 0 saturated heterocycles. The molecule has 1 aromatic carbocycles. The van der Waals surface area contributed by atoms with Crippen LogP contribution in [0.2, 0.25) is 5.02 Å². The second-order valence-electron chi connectivity index (χ2n) is 4.31. The molecule has 3 rings (SSSR count). The summed E-state index contributed by atoms with van der Waals surface area (Å²) in [6, 6.07) is 4.34. The first-order chi connectivity index (χ1) is 9.65. The van der Waals surface area contributed by atoms with Crippen LogP contribution in [0.15, 0.2) is 43.0 Å². The zero-order chi connectivity index (χ0) is 14.1. The Balaban J connectivity index is 1.91. The van der Waals surface area contributed by atoms with Gasteiger partial charge >= 0.3 is 0 Å². The number of ketones is 1. The summed E-state index contributed by atoms with van der Waals surface area (Å²) in [6.45, 7) is 0. The van der Waals surface area contributed by atoms with Crippen molar-refractivity contribution < 1.29 is 9.18 Å². The topological polar surface area (TPSA) is 47.3 Å². The number of aromatic nitrogens is 3. The monoisotopic (exact) mass is 289 g/mol. The van der Waals surface area contributed by atoms with E-state index in [-0.39, 0.29) is 17.2 Å². The van der Waals surface area contributed by atoms with E-state index in [0.717, 1.165) is 0 Å². The van der Waals surface area contributed by atoms with Gasteiger partial charge in [0.2, 0.25) is 0 Å². The normalized spacial score (nSPS) is 10.9. The molecule has 6 heteroatoms. The van der Waals surface area contributed by atoms with Crippen molar-refractivity contribution in [2.45, 2.75) is 6.42 Å². The van der Waals surface area contributed by atoms with Gasteiger partial charge in [0.15, 0.2) is 5.78 Å². The Kier molecular flexibility index (Phi) is 3.20. The lowest BCUT2D eigenvalue weighted by Gasteiger charge is -2.01. The van der Waals surface area contributed by atoms with E-state index in [2.05, 4.69) is 10.1 Å². The van der Waals surface area contributed by atoms with E-state index >= 15 is 0 Å². The Morgan fingerprint density at radius 1 is 1.35 bits per heavy atom. The highest BCUT2D eigenvalue weighted by molar-refractivity contribution is 6.30. The molecule has 100 valence electrons. The Hall–Kier alpha value is -2.27. The molecule has 0 aliphatic carbocycles. The molecule has 4 nitrogen and oxygen atoms in total. The molecule has 2 aromatic heterocycles. The Labute approximate surface area is 118 Å². The van der Waals surface area contributed by atoms with Crippen LogP contribution in [-0.2, 0) is 6.42 Å². The first-order valence-corrected chi connectivity index (χ1v) is 6.27. The van der Waals surface area contributed by atoms with Crippen LogP contribution in [-0.4, -0.2) is 20.4 Å². The third-order valence-corrected chi connectivity index (χ3v) is 3.28. The first kappa shape index (κ1) is 12.7. The molecule has 0 spiro atoms. The molecule has 0 radical (unpaired) electrons. The van der Waals surface area contributed by atoms with Crippen molar-refractivity contribution in [2.75, 3.05) is 0 Å². The summed E-state index contributed by atoms with van der Waals surface area (Å²) in [5.41, 5.74) is 1.67. The van der Waals surface area contributed by atoms with Gasteiger partial charge in [-0.2, -0.15) is 5.10 Å². The average molecular weight is 290 g/mol. The molecule has 0 aliphatic heterocycles. The predicted octanol–water partition coefficient (Wildman–Crippen LogP) is 2.95. The van der Waals surface area contributed by atoms with Gasteiger partial charge in [0, 0.05) is 18.8 Å². The van der Waals surface area contributed by atoms with Crippen LogP contribution in [0.1, 0.15) is 15.9 Å².